The second-order valence-corrected chi connectivity index (χ2v) is 7.37. The smallest absolute Gasteiger partial charge is 0.263 e. The summed E-state index contributed by atoms with van der Waals surface area (Å²) in [5.41, 5.74) is 0.753. The van der Waals surface area contributed by atoms with Crippen LogP contribution in [0.3, 0.4) is 0 Å². The number of thiazole rings is 1. The highest BCUT2D eigenvalue weighted by molar-refractivity contribution is 7.22. The van der Waals surface area contributed by atoms with Crippen molar-refractivity contribution in [1.82, 2.24) is 10.3 Å². The molecule has 0 radical (unpaired) electrons. The zero-order chi connectivity index (χ0) is 18.4. The number of rotatable bonds is 8. The summed E-state index contributed by atoms with van der Waals surface area (Å²) >= 11 is 3.04. The highest BCUT2D eigenvalue weighted by Gasteiger charge is 2.16. The van der Waals surface area contributed by atoms with Crippen molar-refractivity contribution in [3.8, 4) is 21.4 Å². The lowest BCUT2D eigenvalue weighted by molar-refractivity contribution is 0.0950. The molecule has 5 nitrogen and oxygen atoms in total. The van der Waals surface area contributed by atoms with Crippen molar-refractivity contribution in [1.29, 1.82) is 0 Å². The van der Waals surface area contributed by atoms with Crippen LogP contribution in [-0.2, 0) is 0 Å². The highest BCUT2D eigenvalue weighted by atomic mass is 32.1. The van der Waals surface area contributed by atoms with Crippen molar-refractivity contribution in [2.75, 3.05) is 19.8 Å². The summed E-state index contributed by atoms with van der Waals surface area (Å²) in [6, 6.07) is 11.4. The van der Waals surface area contributed by atoms with Gasteiger partial charge in [-0.3, -0.25) is 4.79 Å². The van der Waals surface area contributed by atoms with E-state index < -0.39 is 0 Å². The predicted molar refractivity (Wildman–Crippen MR) is 106 cm³/mol. The van der Waals surface area contributed by atoms with Gasteiger partial charge >= 0.3 is 0 Å². The lowest BCUT2D eigenvalue weighted by Crippen LogP contribution is -2.27. The Morgan fingerprint density at radius 2 is 1.88 bits per heavy atom. The molecule has 26 heavy (non-hydrogen) atoms. The van der Waals surface area contributed by atoms with Gasteiger partial charge in [0.1, 0.15) is 28.0 Å². The van der Waals surface area contributed by atoms with Crippen molar-refractivity contribution in [3.05, 3.63) is 52.3 Å². The molecule has 136 valence electrons. The van der Waals surface area contributed by atoms with Gasteiger partial charge < -0.3 is 14.8 Å². The van der Waals surface area contributed by atoms with Crippen LogP contribution in [0.1, 0.15) is 22.3 Å². The minimum Gasteiger partial charge on any atom is -0.494 e. The van der Waals surface area contributed by atoms with E-state index in [9.17, 15) is 4.79 Å². The van der Waals surface area contributed by atoms with Crippen LogP contribution in [0.4, 0.5) is 0 Å². The van der Waals surface area contributed by atoms with E-state index in [1.807, 2.05) is 55.6 Å². The minimum atomic E-state index is -0.113. The van der Waals surface area contributed by atoms with Crippen molar-refractivity contribution >= 4 is 28.6 Å². The monoisotopic (exact) mass is 388 g/mol. The van der Waals surface area contributed by atoms with Crippen molar-refractivity contribution < 1.29 is 14.3 Å². The van der Waals surface area contributed by atoms with E-state index in [1.165, 1.54) is 11.3 Å². The van der Waals surface area contributed by atoms with Gasteiger partial charge in [0.2, 0.25) is 0 Å². The number of aryl methyl sites for hydroxylation is 1. The first kappa shape index (κ1) is 18.4. The van der Waals surface area contributed by atoms with Crippen LogP contribution in [0.15, 0.2) is 41.8 Å². The third kappa shape index (κ3) is 4.62. The van der Waals surface area contributed by atoms with Gasteiger partial charge in [-0.05, 0) is 49.6 Å². The highest BCUT2D eigenvalue weighted by Crippen LogP contribution is 2.30. The Morgan fingerprint density at radius 1 is 1.15 bits per heavy atom. The molecule has 1 aromatic carbocycles. The van der Waals surface area contributed by atoms with Crippen molar-refractivity contribution in [3.63, 3.8) is 0 Å². The maximum absolute atomic E-state index is 12.4. The Morgan fingerprint density at radius 3 is 2.54 bits per heavy atom. The fraction of sp³-hybridized carbons (Fsp3) is 0.263. The zero-order valence-electron chi connectivity index (χ0n) is 14.7. The average Bonchev–Trinajstić information content (AvgIpc) is 3.30. The third-order valence-corrected chi connectivity index (χ3v) is 5.72. The molecule has 3 aromatic rings. The van der Waals surface area contributed by atoms with E-state index in [0.29, 0.717) is 24.6 Å². The molecule has 1 amide bonds. The third-order valence-electron chi connectivity index (χ3n) is 3.53. The van der Waals surface area contributed by atoms with E-state index >= 15 is 0 Å². The summed E-state index contributed by atoms with van der Waals surface area (Å²) in [4.78, 5) is 18.6. The van der Waals surface area contributed by atoms with Crippen LogP contribution in [0, 0.1) is 6.92 Å². The maximum Gasteiger partial charge on any atom is 0.263 e. The van der Waals surface area contributed by atoms with Gasteiger partial charge in [-0.25, -0.2) is 4.98 Å². The molecule has 3 rings (SSSR count). The molecule has 7 heteroatoms. The second-order valence-electron chi connectivity index (χ2n) is 5.42. The number of thiophene rings is 1. The molecule has 0 spiro atoms. The van der Waals surface area contributed by atoms with Gasteiger partial charge in [-0.1, -0.05) is 6.07 Å². The summed E-state index contributed by atoms with van der Waals surface area (Å²) < 4.78 is 11.0. The van der Waals surface area contributed by atoms with E-state index in [2.05, 4.69) is 10.3 Å². The maximum atomic E-state index is 12.4. The quantitative estimate of drug-likeness (QED) is 0.582. The predicted octanol–water partition coefficient (Wildman–Crippen LogP) is 4.39. The van der Waals surface area contributed by atoms with E-state index in [1.54, 1.807) is 11.3 Å². The Balaban J connectivity index is 1.48. The van der Waals surface area contributed by atoms with Crippen LogP contribution < -0.4 is 14.8 Å². The molecule has 0 aliphatic heterocycles. The van der Waals surface area contributed by atoms with E-state index in [4.69, 9.17) is 9.47 Å². The zero-order valence-corrected chi connectivity index (χ0v) is 16.3. The minimum absolute atomic E-state index is 0.113. The molecule has 0 atom stereocenters. The number of hydrogen-bond acceptors (Lipinski definition) is 6. The second kappa shape index (κ2) is 8.82. The normalized spacial score (nSPS) is 10.5. The first-order valence-corrected chi connectivity index (χ1v) is 10.0. The van der Waals surface area contributed by atoms with Crippen LogP contribution >= 0.6 is 22.7 Å². The Labute approximate surface area is 160 Å². The summed E-state index contributed by atoms with van der Waals surface area (Å²) in [5.74, 6) is 1.45. The molecule has 0 bridgehead atoms. The van der Waals surface area contributed by atoms with Crippen LogP contribution in [0.25, 0.3) is 9.88 Å². The first-order chi connectivity index (χ1) is 12.7. The number of nitrogens with zero attached hydrogens (tertiary/aromatic N) is 1. The molecule has 1 N–H and O–H groups in total. The van der Waals surface area contributed by atoms with Gasteiger partial charge in [-0.15, -0.1) is 22.7 Å². The van der Waals surface area contributed by atoms with Gasteiger partial charge in [0.25, 0.3) is 5.91 Å². The topological polar surface area (TPSA) is 60.5 Å². The molecular formula is C19H20N2O3S2. The number of nitrogens with one attached hydrogen (secondary N) is 1. The fourth-order valence-electron chi connectivity index (χ4n) is 2.33. The molecule has 2 aromatic heterocycles. The number of benzene rings is 1. The van der Waals surface area contributed by atoms with Gasteiger partial charge in [-0.2, -0.15) is 0 Å². The van der Waals surface area contributed by atoms with Gasteiger partial charge in [0.15, 0.2) is 0 Å². The summed E-state index contributed by atoms with van der Waals surface area (Å²) in [7, 11) is 0. The molecule has 0 aliphatic rings. The molecule has 0 aliphatic carbocycles. The number of aromatic nitrogens is 1. The average molecular weight is 389 g/mol. The van der Waals surface area contributed by atoms with Crippen LogP contribution in [-0.4, -0.2) is 30.6 Å². The Bertz CT molecular complexity index is 842. The number of ether oxygens (including phenoxy) is 2. The van der Waals surface area contributed by atoms with Crippen LogP contribution in [0.2, 0.25) is 0 Å². The van der Waals surface area contributed by atoms with E-state index in [0.717, 1.165) is 27.1 Å². The molecule has 2 heterocycles. The molecule has 0 fully saturated rings. The van der Waals surface area contributed by atoms with E-state index in [-0.39, 0.29) is 5.91 Å². The van der Waals surface area contributed by atoms with Crippen molar-refractivity contribution in [2.24, 2.45) is 0 Å². The number of hydrogen-bond donors (Lipinski definition) is 1. The Hall–Kier alpha value is -2.38. The standard InChI is InChI=1S/C19H20N2O3S2/c1-3-23-14-6-8-15(9-7-14)24-11-10-20-18(22)17-13(2)21-19(26-17)16-5-4-12-25-16/h4-9,12H,3,10-11H2,1-2H3,(H,20,22). The molecular weight excluding hydrogens is 368 g/mol. The van der Waals surface area contributed by atoms with Gasteiger partial charge in [0.05, 0.1) is 23.7 Å². The summed E-state index contributed by atoms with van der Waals surface area (Å²) in [5, 5.41) is 5.77. The number of amides is 1. The summed E-state index contributed by atoms with van der Waals surface area (Å²) in [6.07, 6.45) is 0. The van der Waals surface area contributed by atoms with Gasteiger partial charge in [0, 0.05) is 0 Å². The lowest BCUT2D eigenvalue weighted by atomic mass is 10.3. The lowest BCUT2D eigenvalue weighted by Gasteiger charge is -2.08. The number of carbonyl (C=O) groups is 1. The SMILES string of the molecule is CCOc1ccc(OCCNC(=O)c2sc(-c3cccs3)nc2C)cc1. The fourth-order valence-corrected chi connectivity index (χ4v) is 4.10. The molecule has 0 saturated heterocycles. The van der Waals surface area contributed by atoms with Crippen LogP contribution in [0.5, 0.6) is 11.5 Å². The first-order valence-electron chi connectivity index (χ1n) is 8.32. The number of carbonyl (C=O) groups excluding carboxylic acids is 1. The Kier molecular flexibility index (Phi) is 6.25. The van der Waals surface area contributed by atoms with Crippen molar-refractivity contribution in [2.45, 2.75) is 13.8 Å². The molecule has 0 saturated carbocycles. The largest absolute Gasteiger partial charge is 0.494 e. The summed E-state index contributed by atoms with van der Waals surface area (Å²) in [6.45, 7) is 5.27. The molecule has 0 unspecified atom stereocenters.